The first-order chi connectivity index (χ1) is 8.69. The molecule has 0 saturated heterocycles. The summed E-state index contributed by atoms with van der Waals surface area (Å²) in [5, 5.41) is 3.39. The SMILES string of the molecule is CCCC1CCC(Nc2cc(F)ccc2N)CC1. The van der Waals surface area contributed by atoms with Gasteiger partial charge in [0.15, 0.2) is 0 Å². The summed E-state index contributed by atoms with van der Waals surface area (Å²) >= 11 is 0. The zero-order chi connectivity index (χ0) is 13.0. The first-order valence-electron chi connectivity index (χ1n) is 7.00. The van der Waals surface area contributed by atoms with E-state index in [0.29, 0.717) is 11.7 Å². The summed E-state index contributed by atoms with van der Waals surface area (Å²) in [6.07, 6.45) is 7.51. The Labute approximate surface area is 109 Å². The molecular formula is C15H23FN2. The lowest BCUT2D eigenvalue weighted by molar-refractivity contribution is 0.319. The number of anilines is 2. The smallest absolute Gasteiger partial charge is 0.125 e. The van der Waals surface area contributed by atoms with Crippen molar-refractivity contribution in [3.05, 3.63) is 24.0 Å². The lowest BCUT2D eigenvalue weighted by Gasteiger charge is -2.30. The maximum absolute atomic E-state index is 13.2. The number of nitrogens with two attached hydrogens (primary N) is 1. The van der Waals surface area contributed by atoms with Crippen LogP contribution in [0.2, 0.25) is 0 Å². The summed E-state index contributed by atoms with van der Waals surface area (Å²) < 4.78 is 13.2. The van der Waals surface area contributed by atoms with Crippen molar-refractivity contribution in [3.8, 4) is 0 Å². The van der Waals surface area contributed by atoms with E-state index in [1.54, 1.807) is 6.07 Å². The van der Waals surface area contributed by atoms with Crippen molar-refractivity contribution in [2.45, 2.75) is 51.5 Å². The van der Waals surface area contributed by atoms with Gasteiger partial charge in [0.05, 0.1) is 11.4 Å². The van der Waals surface area contributed by atoms with Crippen LogP contribution in [0.15, 0.2) is 18.2 Å². The largest absolute Gasteiger partial charge is 0.397 e. The standard InChI is InChI=1S/C15H23FN2/c1-2-3-11-4-7-13(8-5-11)18-15-10-12(16)6-9-14(15)17/h6,9-11,13,18H,2-5,7-8,17H2,1H3. The van der Waals surface area contributed by atoms with Crippen molar-refractivity contribution in [3.63, 3.8) is 0 Å². The van der Waals surface area contributed by atoms with Crippen LogP contribution < -0.4 is 11.1 Å². The van der Waals surface area contributed by atoms with Crippen LogP contribution in [-0.2, 0) is 0 Å². The zero-order valence-electron chi connectivity index (χ0n) is 11.1. The molecule has 18 heavy (non-hydrogen) atoms. The number of benzene rings is 1. The molecule has 1 fully saturated rings. The third-order valence-electron chi connectivity index (χ3n) is 3.92. The van der Waals surface area contributed by atoms with Gasteiger partial charge >= 0.3 is 0 Å². The maximum Gasteiger partial charge on any atom is 0.125 e. The molecule has 0 spiro atoms. The molecule has 0 unspecified atom stereocenters. The second-order valence-corrected chi connectivity index (χ2v) is 5.38. The summed E-state index contributed by atoms with van der Waals surface area (Å²) in [7, 11) is 0. The van der Waals surface area contributed by atoms with Crippen LogP contribution in [0.4, 0.5) is 15.8 Å². The van der Waals surface area contributed by atoms with Crippen molar-refractivity contribution < 1.29 is 4.39 Å². The molecule has 1 aromatic rings. The average Bonchev–Trinajstić information content (AvgIpc) is 2.37. The maximum atomic E-state index is 13.2. The van der Waals surface area contributed by atoms with Crippen molar-refractivity contribution in [1.82, 2.24) is 0 Å². The van der Waals surface area contributed by atoms with Crippen molar-refractivity contribution in [1.29, 1.82) is 0 Å². The van der Waals surface area contributed by atoms with Gasteiger partial charge in [-0.25, -0.2) is 4.39 Å². The summed E-state index contributed by atoms with van der Waals surface area (Å²) in [6, 6.07) is 4.97. The number of nitrogen functional groups attached to an aromatic ring is 1. The molecule has 2 rings (SSSR count). The number of rotatable bonds is 4. The Hall–Kier alpha value is -1.25. The van der Waals surface area contributed by atoms with E-state index >= 15 is 0 Å². The van der Waals surface area contributed by atoms with Crippen LogP contribution in [0.3, 0.4) is 0 Å². The van der Waals surface area contributed by atoms with Gasteiger partial charge in [-0.3, -0.25) is 0 Å². The molecule has 0 amide bonds. The monoisotopic (exact) mass is 250 g/mol. The van der Waals surface area contributed by atoms with Crippen LogP contribution in [0.1, 0.15) is 45.4 Å². The molecule has 3 heteroatoms. The average molecular weight is 250 g/mol. The van der Waals surface area contributed by atoms with Crippen LogP contribution >= 0.6 is 0 Å². The zero-order valence-corrected chi connectivity index (χ0v) is 11.1. The minimum absolute atomic E-state index is 0.230. The first-order valence-corrected chi connectivity index (χ1v) is 7.00. The quantitative estimate of drug-likeness (QED) is 0.787. The van der Waals surface area contributed by atoms with Crippen molar-refractivity contribution >= 4 is 11.4 Å². The minimum Gasteiger partial charge on any atom is -0.397 e. The Bertz CT molecular complexity index is 384. The fraction of sp³-hybridized carbons (Fsp3) is 0.600. The molecule has 0 radical (unpaired) electrons. The summed E-state index contributed by atoms with van der Waals surface area (Å²) in [5.41, 5.74) is 7.23. The normalized spacial score (nSPS) is 23.9. The third-order valence-corrected chi connectivity index (χ3v) is 3.92. The van der Waals surface area contributed by atoms with Crippen LogP contribution in [0, 0.1) is 11.7 Å². The molecule has 0 aromatic heterocycles. The van der Waals surface area contributed by atoms with Gasteiger partial charge in [0.25, 0.3) is 0 Å². The van der Waals surface area contributed by atoms with Gasteiger partial charge in [0.1, 0.15) is 5.82 Å². The number of halogens is 1. The van der Waals surface area contributed by atoms with Gasteiger partial charge in [-0.15, -0.1) is 0 Å². The van der Waals surface area contributed by atoms with Crippen molar-refractivity contribution in [2.24, 2.45) is 5.92 Å². The van der Waals surface area contributed by atoms with Gasteiger partial charge in [0, 0.05) is 6.04 Å². The molecule has 1 aliphatic rings. The molecule has 0 bridgehead atoms. The Morgan fingerprint density at radius 3 is 2.67 bits per heavy atom. The highest BCUT2D eigenvalue weighted by molar-refractivity contribution is 5.66. The summed E-state index contributed by atoms with van der Waals surface area (Å²) in [4.78, 5) is 0. The van der Waals surface area contributed by atoms with Gasteiger partial charge in [-0.1, -0.05) is 19.8 Å². The molecule has 1 aromatic carbocycles. The Morgan fingerprint density at radius 2 is 2.00 bits per heavy atom. The Kier molecular flexibility index (Phi) is 4.45. The molecule has 100 valence electrons. The lowest BCUT2D eigenvalue weighted by Crippen LogP contribution is -2.26. The Morgan fingerprint density at radius 1 is 1.28 bits per heavy atom. The molecule has 0 heterocycles. The van der Waals surface area contributed by atoms with E-state index in [2.05, 4.69) is 12.2 Å². The van der Waals surface area contributed by atoms with Crippen LogP contribution in [0.5, 0.6) is 0 Å². The van der Waals surface area contributed by atoms with Gasteiger partial charge < -0.3 is 11.1 Å². The van der Waals surface area contributed by atoms with Gasteiger partial charge in [0.2, 0.25) is 0 Å². The second-order valence-electron chi connectivity index (χ2n) is 5.38. The van der Waals surface area contributed by atoms with E-state index < -0.39 is 0 Å². The predicted octanol–water partition coefficient (Wildman–Crippen LogP) is 4.18. The predicted molar refractivity (Wildman–Crippen MR) is 75.1 cm³/mol. The Balaban J connectivity index is 1.89. The molecular weight excluding hydrogens is 227 g/mol. The molecule has 2 nitrogen and oxygen atoms in total. The highest BCUT2D eigenvalue weighted by Crippen LogP contribution is 2.30. The highest BCUT2D eigenvalue weighted by atomic mass is 19.1. The molecule has 1 saturated carbocycles. The third kappa shape index (κ3) is 3.37. The van der Waals surface area contributed by atoms with Crippen LogP contribution in [-0.4, -0.2) is 6.04 Å². The lowest BCUT2D eigenvalue weighted by atomic mass is 9.83. The van der Waals surface area contributed by atoms with E-state index in [1.807, 2.05) is 0 Å². The summed E-state index contributed by atoms with van der Waals surface area (Å²) in [6.45, 7) is 2.25. The van der Waals surface area contributed by atoms with E-state index in [0.717, 1.165) is 11.6 Å². The fourth-order valence-corrected chi connectivity index (χ4v) is 2.88. The minimum atomic E-state index is -0.230. The number of hydrogen-bond donors (Lipinski definition) is 2. The van der Waals surface area contributed by atoms with E-state index in [9.17, 15) is 4.39 Å². The first kappa shape index (κ1) is 13.2. The van der Waals surface area contributed by atoms with E-state index in [-0.39, 0.29) is 5.82 Å². The van der Waals surface area contributed by atoms with Gasteiger partial charge in [-0.2, -0.15) is 0 Å². The second kappa shape index (κ2) is 6.07. The fourth-order valence-electron chi connectivity index (χ4n) is 2.88. The van der Waals surface area contributed by atoms with Gasteiger partial charge in [-0.05, 0) is 49.8 Å². The molecule has 0 aliphatic heterocycles. The molecule has 0 atom stereocenters. The summed E-state index contributed by atoms with van der Waals surface area (Å²) in [5.74, 6) is 0.657. The molecule has 3 N–H and O–H groups in total. The van der Waals surface area contributed by atoms with Crippen molar-refractivity contribution in [2.75, 3.05) is 11.1 Å². The van der Waals surface area contributed by atoms with E-state index in [1.165, 1.54) is 50.7 Å². The number of nitrogens with one attached hydrogen (secondary N) is 1. The van der Waals surface area contributed by atoms with E-state index in [4.69, 9.17) is 5.73 Å². The molecule has 1 aliphatic carbocycles. The topological polar surface area (TPSA) is 38.0 Å². The number of hydrogen-bond acceptors (Lipinski definition) is 2. The van der Waals surface area contributed by atoms with Crippen LogP contribution in [0.25, 0.3) is 0 Å². The highest BCUT2D eigenvalue weighted by Gasteiger charge is 2.20.